The van der Waals surface area contributed by atoms with Crippen molar-refractivity contribution in [1.82, 2.24) is 9.80 Å². The van der Waals surface area contributed by atoms with Gasteiger partial charge in [-0.05, 0) is 50.2 Å². The predicted molar refractivity (Wildman–Crippen MR) is 111 cm³/mol. The van der Waals surface area contributed by atoms with Gasteiger partial charge in [-0.3, -0.25) is 24.1 Å². The van der Waals surface area contributed by atoms with E-state index in [-0.39, 0.29) is 54.5 Å². The first-order valence-corrected chi connectivity index (χ1v) is 10.3. The van der Waals surface area contributed by atoms with Gasteiger partial charge < -0.3 is 10.2 Å². The summed E-state index contributed by atoms with van der Waals surface area (Å²) >= 11 is 0. The summed E-state index contributed by atoms with van der Waals surface area (Å²) in [4.78, 5) is 52.9. The van der Waals surface area contributed by atoms with Gasteiger partial charge in [-0.15, -0.1) is 0 Å². The van der Waals surface area contributed by atoms with Crippen LogP contribution in [0.15, 0.2) is 24.3 Å². The van der Waals surface area contributed by atoms with E-state index >= 15 is 0 Å². The third-order valence-electron chi connectivity index (χ3n) is 6.60. The molecule has 4 amide bonds. The average molecular weight is 409 g/mol. The zero-order valence-electron chi connectivity index (χ0n) is 17.8. The first-order chi connectivity index (χ1) is 14.2. The summed E-state index contributed by atoms with van der Waals surface area (Å²) in [5.41, 5.74) is 3.77. The SMILES string of the molecule is Cc1cc(C)c(NC(=O)CN(C)C(=O)CN2C(=O)[C@@H]3[C@@H](C2=O)[C@H]2C=C[C@H]3C2)c(C)c1. The Morgan fingerprint density at radius 2 is 1.57 bits per heavy atom. The molecule has 4 atom stereocenters. The number of imide groups is 1. The molecular weight excluding hydrogens is 382 g/mol. The molecule has 1 heterocycles. The lowest BCUT2D eigenvalue weighted by atomic mass is 9.85. The molecule has 0 aromatic heterocycles. The van der Waals surface area contributed by atoms with Gasteiger partial charge in [-0.2, -0.15) is 0 Å². The second-order valence-electron chi connectivity index (χ2n) is 8.83. The number of amides is 4. The Kier molecular flexibility index (Phi) is 5.00. The number of fused-ring (bicyclic) bond motifs is 5. The summed E-state index contributed by atoms with van der Waals surface area (Å²) in [6, 6.07) is 3.97. The van der Waals surface area contributed by atoms with Crippen LogP contribution in [-0.2, 0) is 19.2 Å². The number of likely N-dealkylation sites (tertiary alicyclic amines) is 1. The first kappa shape index (κ1) is 20.3. The number of nitrogens with one attached hydrogen (secondary N) is 1. The summed E-state index contributed by atoms with van der Waals surface area (Å²) in [5.74, 6) is -1.66. The van der Waals surface area contributed by atoms with Crippen LogP contribution < -0.4 is 5.32 Å². The fourth-order valence-electron chi connectivity index (χ4n) is 5.24. The molecule has 1 aromatic rings. The lowest BCUT2D eigenvalue weighted by Crippen LogP contribution is -2.44. The monoisotopic (exact) mass is 409 g/mol. The fraction of sp³-hybridized carbons (Fsp3) is 0.478. The van der Waals surface area contributed by atoms with Crippen LogP contribution in [0.3, 0.4) is 0 Å². The van der Waals surface area contributed by atoms with Gasteiger partial charge in [0.15, 0.2) is 0 Å². The molecule has 1 saturated carbocycles. The molecule has 7 heteroatoms. The highest BCUT2D eigenvalue weighted by Gasteiger charge is 2.59. The molecule has 158 valence electrons. The standard InChI is InChI=1S/C23H27N3O4/c1-12-7-13(2)21(14(3)8-12)24-17(27)10-25(4)18(28)11-26-22(29)19-15-5-6-16(9-15)20(19)23(26)30/h5-8,15-16,19-20H,9-11H2,1-4H3,(H,24,27)/t15-,16-,19-,20-/m0/s1. The zero-order valence-corrected chi connectivity index (χ0v) is 17.8. The smallest absolute Gasteiger partial charge is 0.243 e. The van der Waals surface area contributed by atoms with E-state index in [0.717, 1.165) is 33.7 Å². The molecule has 1 saturated heterocycles. The van der Waals surface area contributed by atoms with Crippen molar-refractivity contribution in [2.45, 2.75) is 27.2 Å². The highest BCUT2D eigenvalue weighted by molar-refractivity contribution is 6.08. The number of carbonyl (C=O) groups is 4. The number of carbonyl (C=O) groups excluding carboxylic acids is 4. The van der Waals surface area contributed by atoms with Gasteiger partial charge >= 0.3 is 0 Å². The van der Waals surface area contributed by atoms with Gasteiger partial charge in [-0.1, -0.05) is 29.8 Å². The number of nitrogens with zero attached hydrogens (tertiary/aromatic N) is 2. The van der Waals surface area contributed by atoms with E-state index in [9.17, 15) is 19.2 Å². The van der Waals surface area contributed by atoms with Gasteiger partial charge in [0.2, 0.25) is 23.6 Å². The molecule has 30 heavy (non-hydrogen) atoms. The maximum atomic E-state index is 12.7. The fourth-order valence-corrected chi connectivity index (χ4v) is 5.24. The molecular formula is C23H27N3O4. The number of hydrogen-bond acceptors (Lipinski definition) is 4. The van der Waals surface area contributed by atoms with Crippen LogP contribution >= 0.6 is 0 Å². The topological polar surface area (TPSA) is 86.8 Å². The summed E-state index contributed by atoms with van der Waals surface area (Å²) < 4.78 is 0. The van der Waals surface area contributed by atoms with E-state index in [4.69, 9.17) is 0 Å². The van der Waals surface area contributed by atoms with E-state index in [2.05, 4.69) is 5.32 Å². The Morgan fingerprint density at radius 1 is 1.03 bits per heavy atom. The van der Waals surface area contributed by atoms with Crippen molar-refractivity contribution in [3.63, 3.8) is 0 Å². The highest BCUT2D eigenvalue weighted by Crippen LogP contribution is 2.52. The van der Waals surface area contributed by atoms with Crippen LogP contribution in [0.2, 0.25) is 0 Å². The number of allylic oxidation sites excluding steroid dienone is 2. The molecule has 2 aliphatic carbocycles. The third-order valence-corrected chi connectivity index (χ3v) is 6.60. The lowest BCUT2D eigenvalue weighted by Gasteiger charge is -2.22. The largest absolute Gasteiger partial charge is 0.335 e. The maximum absolute atomic E-state index is 12.7. The average Bonchev–Trinajstić information content (AvgIpc) is 3.34. The number of rotatable bonds is 5. The molecule has 0 unspecified atom stereocenters. The van der Waals surface area contributed by atoms with Crippen LogP contribution in [0.4, 0.5) is 5.69 Å². The molecule has 1 aliphatic heterocycles. The molecule has 0 spiro atoms. The van der Waals surface area contributed by atoms with Crippen molar-refractivity contribution >= 4 is 29.3 Å². The van der Waals surface area contributed by atoms with Crippen LogP contribution in [0.5, 0.6) is 0 Å². The van der Waals surface area contributed by atoms with Crippen molar-refractivity contribution < 1.29 is 19.2 Å². The van der Waals surface area contributed by atoms with E-state index in [1.807, 2.05) is 45.1 Å². The van der Waals surface area contributed by atoms with E-state index < -0.39 is 5.91 Å². The summed E-state index contributed by atoms with van der Waals surface area (Å²) in [6.07, 6.45) is 4.90. The Hall–Kier alpha value is -2.96. The lowest BCUT2D eigenvalue weighted by molar-refractivity contribution is -0.147. The second kappa shape index (κ2) is 7.38. The number of hydrogen-bond donors (Lipinski definition) is 1. The minimum absolute atomic E-state index is 0.112. The van der Waals surface area contributed by atoms with Crippen molar-refractivity contribution in [2.24, 2.45) is 23.7 Å². The normalized spacial score (nSPS) is 26.3. The molecule has 0 radical (unpaired) electrons. The predicted octanol–water partition coefficient (Wildman–Crippen LogP) is 1.82. The number of aryl methyl sites for hydroxylation is 3. The van der Waals surface area contributed by atoms with Gasteiger partial charge in [0, 0.05) is 12.7 Å². The van der Waals surface area contributed by atoms with Crippen LogP contribution in [0.1, 0.15) is 23.1 Å². The van der Waals surface area contributed by atoms with E-state index in [0.29, 0.717) is 0 Å². The zero-order chi connectivity index (χ0) is 21.7. The summed E-state index contributed by atoms with van der Waals surface area (Å²) in [6.45, 7) is 5.38. The van der Waals surface area contributed by atoms with Crippen molar-refractivity contribution in [2.75, 3.05) is 25.5 Å². The Labute approximate surface area is 176 Å². The number of benzene rings is 1. The van der Waals surface area contributed by atoms with Crippen LogP contribution in [-0.4, -0.2) is 53.6 Å². The van der Waals surface area contributed by atoms with Crippen LogP contribution in [0, 0.1) is 44.4 Å². The molecule has 2 fully saturated rings. The molecule has 3 aliphatic rings. The first-order valence-electron chi connectivity index (χ1n) is 10.3. The minimum atomic E-state index is -0.426. The minimum Gasteiger partial charge on any atom is -0.335 e. The maximum Gasteiger partial charge on any atom is 0.243 e. The molecule has 4 rings (SSSR count). The molecule has 1 aromatic carbocycles. The molecule has 7 nitrogen and oxygen atoms in total. The summed E-state index contributed by atoms with van der Waals surface area (Å²) in [7, 11) is 1.51. The van der Waals surface area contributed by atoms with Gasteiger partial charge in [-0.25, -0.2) is 0 Å². The molecule has 2 bridgehead atoms. The Bertz CT molecular complexity index is 930. The Morgan fingerprint density at radius 3 is 2.10 bits per heavy atom. The van der Waals surface area contributed by atoms with Crippen LogP contribution in [0.25, 0.3) is 0 Å². The van der Waals surface area contributed by atoms with Crippen molar-refractivity contribution in [1.29, 1.82) is 0 Å². The number of likely N-dealkylation sites (N-methyl/N-ethyl adjacent to an activating group) is 1. The third kappa shape index (κ3) is 3.32. The van der Waals surface area contributed by atoms with Gasteiger partial charge in [0.05, 0.1) is 18.4 Å². The highest BCUT2D eigenvalue weighted by atomic mass is 16.2. The van der Waals surface area contributed by atoms with Gasteiger partial charge in [0.1, 0.15) is 6.54 Å². The quantitative estimate of drug-likeness (QED) is 0.594. The second-order valence-corrected chi connectivity index (χ2v) is 8.83. The summed E-state index contributed by atoms with van der Waals surface area (Å²) in [5, 5.41) is 2.87. The van der Waals surface area contributed by atoms with E-state index in [1.54, 1.807) is 0 Å². The van der Waals surface area contributed by atoms with Gasteiger partial charge in [0.25, 0.3) is 0 Å². The van der Waals surface area contributed by atoms with Crippen molar-refractivity contribution in [3.8, 4) is 0 Å². The van der Waals surface area contributed by atoms with Crippen molar-refractivity contribution in [3.05, 3.63) is 41.0 Å². The van der Waals surface area contributed by atoms with E-state index in [1.165, 1.54) is 11.9 Å². The number of anilines is 1. The molecule has 1 N–H and O–H groups in total. The Balaban J connectivity index is 1.36.